The average molecular weight is 283 g/mol. The van der Waals surface area contributed by atoms with Gasteiger partial charge in [-0.2, -0.15) is 0 Å². The monoisotopic (exact) mass is 283 g/mol. The molecule has 0 spiro atoms. The van der Waals surface area contributed by atoms with Crippen molar-refractivity contribution in [2.24, 2.45) is 5.92 Å². The van der Waals surface area contributed by atoms with E-state index in [2.05, 4.69) is 20.3 Å². The first kappa shape index (κ1) is 12.8. The molecule has 1 aliphatic rings. The summed E-state index contributed by atoms with van der Waals surface area (Å²) in [6, 6.07) is 2.03. The van der Waals surface area contributed by atoms with Crippen molar-refractivity contribution >= 4 is 22.1 Å². The zero-order valence-electron chi connectivity index (χ0n) is 12.2. The summed E-state index contributed by atoms with van der Waals surface area (Å²) in [5.74, 6) is 1.84. The van der Waals surface area contributed by atoms with Crippen LogP contribution in [0.15, 0.2) is 18.5 Å². The van der Waals surface area contributed by atoms with Crippen LogP contribution in [0.3, 0.4) is 0 Å². The van der Waals surface area contributed by atoms with Gasteiger partial charge in [0.25, 0.3) is 0 Å². The van der Waals surface area contributed by atoms with Crippen molar-refractivity contribution in [2.75, 3.05) is 6.54 Å². The summed E-state index contributed by atoms with van der Waals surface area (Å²) in [5.41, 5.74) is 2.92. The maximum atomic E-state index is 4.72. The quantitative estimate of drug-likeness (QED) is 0.689. The van der Waals surface area contributed by atoms with Crippen LogP contribution < -0.4 is 5.32 Å². The average Bonchev–Trinajstić information content (AvgIpc) is 3.13. The summed E-state index contributed by atoms with van der Waals surface area (Å²) in [4.78, 5) is 15.6. The predicted molar refractivity (Wildman–Crippen MR) is 84.0 cm³/mol. The van der Waals surface area contributed by atoms with E-state index in [0.717, 1.165) is 46.9 Å². The van der Waals surface area contributed by atoms with Gasteiger partial charge in [-0.3, -0.25) is 0 Å². The second-order valence-electron chi connectivity index (χ2n) is 6.08. The van der Waals surface area contributed by atoms with Crippen LogP contribution in [0, 0.1) is 5.92 Å². The van der Waals surface area contributed by atoms with Gasteiger partial charge in [0.15, 0.2) is 0 Å². The van der Waals surface area contributed by atoms with Crippen LogP contribution in [0.5, 0.6) is 0 Å². The van der Waals surface area contributed by atoms with Gasteiger partial charge < -0.3 is 15.3 Å². The van der Waals surface area contributed by atoms with Crippen LogP contribution in [-0.4, -0.2) is 26.5 Å². The van der Waals surface area contributed by atoms with Crippen molar-refractivity contribution in [3.8, 4) is 0 Å². The molecular formula is C16H21N5. The van der Waals surface area contributed by atoms with Crippen molar-refractivity contribution < 1.29 is 0 Å². The Hall–Kier alpha value is -1.88. The van der Waals surface area contributed by atoms with Crippen LogP contribution >= 0.6 is 0 Å². The Morgan fingerprint density at radius 1 is 1.24 bits per heavy atom. The van der Waals surface area contributed by atoms with E-state index in [1.54, 1.807) is 0 Å². The number of aromatic amines is 2. The summed E-state index contributed by atoms with van der Waals surface area (Å²) in [6.45, 7) is 1.91. The minimum Gasteiger partial charge on any atom is -0.346 e. The Labute approximate surface area is 123 Å². The molecule has 5 nitrogen and oxygen atoms in total. The fourth-order valence-electron chi connectivity index (χ4n) is 3.39. The molecule has 0 amide bonds. The molecule has 3 N–H and O–H groups in total. The van der Waals surface area contributed by atoms with Crippen LogP contribution in [0.25, 0.3) is 22.1 Å². The van der Waals surface area contributed by atoms with Gasteiger partial charge in [-0.05, 0) is 31.4 Å². The Bertz CT molecular complexity index is 735. The van der Waals surface area contributed by atoms with E-state index in [1.807, 2.05) is 18.5 Å². The molecule has 1 aliphatic carbocycles. The third-order valence-corrected chi connectivity index (χ3v) is 4.53. The SMILES string of the molecule is c1cc2c(ncc3[nH]c(CNCC4CCCCC4)nc32)[nH]1. The van der Waals surface area contributed by atoms with Gasteiger partial charge in [0.2, 0.25) is 0 Å². The Kier molecular flexibility index (Phi) is 3.35. The van der Waals surface area contributed by atoms with Gasteiger partial charge in [-0.25, -0.2) is 9.97 Å². The van der Waals surface area contributed by atoms with E-state index in [9.17, 15) is 0 Å². The van der Waals surface area contributed by atoms with Crippen LogP contribution in [0.1, 0.15) is 37.9 Å². The highest BCUT2D eigenvalue weighted by Crippen LogP contribution is 2.23. The first-order valence-corrected chi connectivity index (χ1v) is 7.91. The minimum absolute atomic E-state index is 0.803. The second-order valence-corrected chi connectivity index (χ2v) is 6.08. The molecule has 1 saturated carbocycles. The molecular weight excluding hydrogens is 262 g/mol. The highest BCUT2D eigenvalue weighted by atomic mass is 15.0. The summed E-state index contributed by atoms with van der Waals surface area (Å²) in [5, 5.41) is 4.64. The second kappa shape index (κ2) is 5.48. The number of rotatable bonds is 4. The molecule has 0 radical (unpaired) electrons. The maximum Gasteiger partial charge on any atom is 0.139 e. The molecule has 0 atom stereocenters. The predicted octanol–water partition coefficient (Wildman–Crippen LogP) is 3.11. The Balaban J connectivity index is 1.46. The Morgan fingerprint density at radius 3 is 3.05 bits per heavy atom. The molecule has 1 fully saturated rings. The van der Waals surface area contributed by atoms with Crippen LogP contribution in [0.4, 0.5) is 0 Å². The molecule has 0 aromatic carbocycles. The lowest BCUT2D eigenvalue weighted by Gasteiger charge is -2.21. The van der Waals surface area contributed by atoms with Gasteiger partial charge >= 0.3 is 0 Å². The van der Waals surface area contributed by atoms with Crippen molar-refractivity contribution in [1.82, 2.24) is 25.3 Å². The van der Waals surface area contributed by atoms with E-state index in [0.29, 0.717) is 0 Å². The molecule has 0 aliphatic heterocycles. The van der Waals surface area contributed by atoms with Crippen molar-refractivity contribution in [3.63, 3.8) is 0 Å². The molecule has 4 rings (SSSR count). The molecule has 3 heterocycles. The fraction of sp³-hybridized carbons (Fsp3) is 0.500. The third-order valence-electron chi connectivity index (χ3n) is 4.53. The lowest BCUT2D eigenvalue weighted by molar-refractivity contribution is 0.341. The van der Waals surface area contributed by atoms with Crippen molar-refractivity contribution in [2.45, 2.75) is 38.6 Å². The van der Waals surface area contributed by atoms with Crippen LogP contribution in [-0.2, 0) is 6.54 Å². The topological polar surface area (TPSA) is 69.4 Å². The molecule has 0 bridgehead atoms. The summed E-state index contributed by atoms with van der Waals surface area (Å²) >= 11 is 0. The van der Waals surface area contributed by atoms with E-state index < -0.39 is 0 Å². The zero-order valence-corrected chi connectivity index (χ0v) is 12.2. The summed E-state index contributed by atoms with van der Waals surface area (Å²) < 4.78 is 0. The molecule has 3 aromatic rings. The van der Waals surface area contributed by atoms with E-state index in [4.69, 9.17) is 4.98 Å². The Morgan fingerprint density at radius 2 is 2.14 bits per heavy atom. The largest absolute Gasteiger partial charge is 0.346 e. The molecule has 21 heavy (non-hydrogen) atoms. The molecule has 5 heteroatoms. The molecule has 110 valence electrons. The molecule has 3 aromatic heterocycles. The fourth-order valence-corrected chi connectivity index (χ4v) is 3.39. The zero-order chi connectivity index (χ0) is 14.1. The number of fused-ring (bicyclic) bond motifs is 3. The first-order valence-electron chi connectivity index (χ1n) is 7.91. The van der Waals surface area contributed by atoms with Crippen molar-refractivity contribution in [1.29, 1.82) is 0 Å². The molecule has 0 unspecified atom stereocenters. The molecule has 0 saturated heterocycles. The number of hydrogen-bond donors (Lipinski definition) is 3. The smallest absolute Gasteiger partial charge is 0.139 e. The van der Waals surface area contributed by atoms with Gasteiger partial charge in [-0.15, -0.1) is 0 Å². The van der Waals surface area contributed by atoms with E-state index in [-0.39, 0.29) is 0 Å². The maximum absolute atomic E-state index is 4.72. The first-order chi connectivity index (χ1) is 10.4. The van der Waals surface area contributed by atoms with Gasteiger partial charge in [-0.1, -0.05) is 19.3 Å². The normalized spacial score (nSPS) is 17.0. The number of H-pyrrole nitrogens is 2. The summed E-state index contributed by atoms with van der Waals surface area (Å²) in [6.07, 6.45) is 10.7. The van der Waals surface area contributed by atoms with Gasteiger partial charge in [0.1, 0.15) is 17.0 Å². The third kappa shape index (κ3) is 2.53. The van der Waals surface area contributed by atoms with Gasteiger partial charge in [0.05, 0.1) is 18.3 Å². The number of nitrogens with zero attached hydrogens (tertiary/aromatic N) is 2. The highest BCUT2D eigenvalue weighted by Gasteiger charge is 2.13. The van der Waals surface area contributed by atoms with Gasteiger partial charge in [0, 0.05) is 11.6 Å². The number of nitrogens with one attached hydrogen (secondary N) is 3. The lowest BCUT2D eigenvalue weighted by atomic mass is 9.89. The number of pyridine rings is 1. The highest BCUT2D eigenvalue weighted by molar-refractivity contribution is 6.00. The van der Waals surface area contributed by atoms with Crippen LogP contribution in [0.2, 0.25) is 0 Å². The number of imidazole rings is 1. The standard InChI is InChI=1S/C16H21N5/c1-2-4-11(5-3-1)8-17-10-14-20-13-9-19-16-12(6-7-18-16)15(13)21-14/h6-7,9,11,17H,1-5,8,10H2,(H,18,19)(H,20,21). The lowest BCUT2D eigenvalue weighted by Crippen LogP contribution is -2.24. The minimum atomic E-state index is 0.803. The number of aromatic nitrogens is 4. The van der Waals surface area contributed by atoms with E-state index >= 15 is 0 Å². The number of hydrogen-bond acceptors (Lipinski definition) is 3. The summed E-state index contributed by atoms with van der Waals surface area (Å²) in [7, 11) is 0. The van der Waals surface area contributed by atoms with Crippen molar-refractivity contribution in [3.05, 3.63) is 24.3 Å². The van der Waals surface area contributed by atoms with E-state index in [1.165, 1.54) is 32.1 Å².